The summed E-state index contributed by atoms with van der Waals surface area (Å²) in [4.78, 5) is 13.2. The summed E-state index contributed by atoms with van der Waals surface area (Å²) in [6.45, 7) is 2.03. The fraction of sp³-hybridized carbons (Fsp3) is 0.188. The molecule has 21 heavy (non-hydrogen) atoms. The van der Waals surface area contributed by atoms with Gasteiger partial charge in [0.2, 0.25) is 0 Å². The van der Waals surface area contributed by atoms with Gasteiger partial charge in [-0.1, -0.05) is 45.7 Å². The van der Waals surface area contributed by atoms with Crippen molar-refractivity contribution in [3.8, 4) is 0 Å². The molecule has 0 radical (unpaired) electrons. The van der Waals surface area contributed by atoms with E-state index in [2.05, 4.69) is 15.9 Å². The third-order valence-electron chi connectivity index (χ3n) is 3.47. The van der Waals surface area contributed by atoms with Crippen LogP contribution in [0.4, 0.5) is 5.69 Å². The molecule has 110 valence electrons. The summed E-state index contributed by atoms with van der Waals surface area (Å²) in [7, 11) is 1.92. The highest BCUT2D eigenvalue weighted by molar-refractivity contribution is 9.10. The minimum absolute atomic E-state index is 0.0228. The molecule has 0 spiro atoms. The standard InChI is InChI=1S/C16H15BrClNO2/c1-10(14-5-3-4-6-15(14)18)19(2)13-8-11(16(20)21)7-12(17)9-13/h3-10H,1-2H3,(H,20,21). The Labute approximate surface area is 137 Å². The molecule has 0 amide bonds. The molecular formula is C16H15BrClNO2. The fourth-order valence-electron chi connectivity index (χ4n) is 2.15. The summed E-state index contributed by atoms with van der Waals surface area (Å²) in [6.07, 6.45) is 0. The van der Waals surface area contributed by atoms with E-state index in [4.69, 9.17) is 16.7 Å². The molecule has 1 N–H and O–H groups in total. The number of carboxylic acids is 1. The summed E-state index contributed by atoms with van der Waals surface area (Å²) in [5, 5.41) is 9.85. The lowest BCUT2D eigenvalue weighted by Gasteiger charge is -2.28. The zero-order chi connectivity index (χ0) is 15.6. The first-order valence-electron chi connectivity index (χ1n) is 6.41. The topological polar surface area (TPSA) is 40.5 Å². The Hall–Kier alpha value is -1.52. The van der Waals surface area contributed by atoms with E-state index in [1.165, 1.54) is 0 Å². The summed E-state index contributed by atoms with van der Waals surface area (Å²) in [6, 6.07) is 12.8. The Morgan fingerprint density at radius 1 is 1.29 bits per heavy atom. The fourth-order valence-corrected chi connectivity index (χ4v) is 2.92. The maximum Gasteiger partial charge on any atom is 0.335 e. The second-order valence-corrected chi connectivity index (χ2v) is 6.13. The Morgan fingerprint density at radius 2 is 1.95 bits per heavy atom. The number of anilines is 1. The van der Waals surface area contributed by atoms with Gasteiger partial charge in [0.05, 0.1) is 11.6 Å². The molecule has 0 saturated carbocycles. The van der Waals surface area contributed by atoms with E-state index in [1.807, 2.05) is 49.2 Å². The molecule has 0 aliphatic heterocycles. The average Bonchev–Trinajstić information content (AvgIpc) is 2.45. The monoisotopic (exact) mass is 367 g/mol. The number of nitrogens with zero attached hydrogens (tertiary/aromatic N) is 1. The van der Waals surface area contributed by atoms with Crippen molar-refractivity contribution in [1.82, 2.24) is 0 Å². The number of halogens is 2. The van der Waals surface area contributed by atoms with Crippen LogP contribution >= 0.6 is 27.5 Å². The summed E-state index contributed by atoms with van der Waals surface area (Å²) in [5.74, 6) is -0.948. The van der Waals surface area contributed by atoms with Gasteiger partial charge in [-0.15, -0.1) is 0 Å². The zero-order valence-electron chi connectivity index (χ0n) is 11.7. The molecule has 0 saturated heterocycles. The van der Waals surface area contributed by atoms with Crippen molar-refractivity contribution >= 4 is 39.2 Å². The molecule has 2 aromatic carbocycles. The first-order valence-corrected chi connectivity index (χ1v) is 7.58. The van der Waals surface area contributed by atoms with Gasteiger partial charge in [0.25, 0.3) is 0 Å². The molecule has 0 heterocycles. The number of carbonyl (C=O) groups is 1. The number of rotatable bonds is 4. The number of aromatic carboxylic acids is 1. The number of hydrogen-bond acceptors (Lipinski definition) is 2. The highest BCUT2D eigenvalue weighted by atomic mass is 79.9. The van der Waals surface area contributed by atoms with Crippen LogP contribution in [0.1, 0.15) is 28.9 Å². The maximum atomic E-state index is 11.2. The minimum Gasteiger partial charge on any atom is -0.478 e. The van der Waals surface area contributed by atoms with Crippen molar-refractivity contribution in [2.75, 3.05) is 11.9 Å². The van der Waals surface area contributed by atoms with E-state index in [0.29, 0.717) is 5.02 Å². The molecule has 3 nitrogen and oxygen atoms in total. The van der Waals surface area contributed by atoms with Crippen molar-refractivity contribution in [3.63, 3.8) is 0 Å². The van der Waals surface area contributed by atoms with Gasteiger partial charge in [0.1, 0.15) is 0 Å². The van der Waals surface area contributed by atoms with Crippen LogP contribution in [0.25, 0.3) is 0 Å². The van der Waals surface area contributed by atoms with Crippen molar-refractivity contribution in [1.29, 1.82) is 0 Å². The molecule has 1 unspecified atom stereocenters. The molecular weight excluding hydrogens is 354 g/mol. The van der Waals surface area contributed by atoms with Gasteiger partial charge in [-0.3, -0.25) is 0 Å². The van der Waals surface area contributed by atoms with Crippen LogP contribution in [0.15, 0.2) is 46.9 Å². The molecule has 2 rings (SSSR count). The van der Waals surface area contributed by atoms with Crippen LogP contribution in [-0.2, 0) is 0 Å². The van der Waals surface area contributed by atoms with E-state index < -0.39 is 5.97 Å². The van der Waals surface area contributed by atoms with Crippen molar-refractivity contribution in [3.05, 3.63) is 63.1 Å². The predicted octanol–water partition coefficient (Wildman–Crippen LogP) is 5.00. The van der Waals surface area contributed by atoms with E-state index >= 15 is 0 Å². The van der Waals surface area contributed by atoms with Gasteiger partial charge < -0.3 is 10.0 Å². The quantitative estimate of drug-likeness (QED) is 0.825. The molecule has 0 fully saturated rings. The highest BCUT2D eigenvalue weighted by Crippen LogP contribution is 2.31. The maximum absolute atomic E-state index is 11.2. The predicted molar refractivity (Wildman–Crippen MR) is 89.4 cm³/mol. The Kier molecular flexibility index (Phi) is 4.91. The Morgan fingerprint density at radius 3 is 2.57 bits per heavy atom. The van der Waals surface area contributed by atoms with Crippen molar-refractivity contribution in [2.45, 2.75) is 13.0 Å². The summed E-state index contributed by atoms with van der Waals surface area (Å²) >= 11 is 9.59. The van der Waals surface area contributed by atoms with Gasteiger partial charge in [0.15, 0.2) is 0 Å². The summed E-state index contributed by atoms with van der Waals surface area (Å²) in [5.41, 5.74) is 2.06. The van der Waals surface area contributed by atoms with Crippen LogP contribution in [0.2, 0.25) is 5.02 Å². The van der Waals surface area contributed by atoms with Gasteiger partial charge in [-0.25, -0.2) is 4.79 Å². The van der Waals surface area contributed by atoms with Crippen LogP contribution in [-0.4, -0.2) is 18.1 Å². The third-order valence-corrected chi connectivity index (χ3v) is 4.28. The third kappa shape index (κ3) is 3.57. The van der Waals surface area contributed by atoms with Gasteiger partial charge in [-0.05, 0) is 36.8 Å². The molecule has 0 aromatic heterocycles. The first kappa shape index (κ1) is 15.9. The van der Waals surface area contributed by atoms with Gasteiger partial charge >= 0.3 is 5.97 Å². The van der Waals surface area contributed by atoms with Crippen LogP contribution in [0, 0.1) is 0 Å². The van der Waals surface area contributed by atoms with E-state index in [9.17, 15) is 4.79 Å². The largest absolute Gasteiger partial charge is 0.478 e. The normalized spacial score (nSPS) is 12.0. The molecule has 5 heteroatoms. The molecule has 0 bridgehead atoms. The van der Waals surface area contributed by atoms with E-state index in [1.54, 1.807) is 12.1 Å². The molecule has 0 aliphatic rings. The van der Waals surface area contributed by atoms with Gasteiger partial charge in [0, 0.05) is 22.2 Å². The molecule has 2 aromatic rings. The van der Waals surface area contributed by atoms with Gasteiger partial charge in [-0.2, -0.15) is 0 Å². The molecule has 0 aliphatic carbocycles. The first-order chi connectivity index (χ1) is 9.90. The molecule has 1 atom stereocenters. The lowest BCUT2D eigenvalue weighted by molar-refractivity contribution is 0.0697. The second kappa shape index (κ2) is 6.50. The Bertz CT molecular complexity index is 675. The van der Waals surface area contributed by atoms with Crippen LogP contribution in [0.5, 0.6) is 0 Å². The Balaban J connectivity index is 2.38. The summed E-state index contributed by atoms with van der Waals surface area (Å²) < 4.78 is 0.732. The average molecular weight is 369 g/mol. The lowest BCUT2D eigenvalue weighted by Crippen LogP contribution is -2.22. The highest BCUT2D eigenvalue weighted by Gasteiger charge is 2.17. The van der Waals surface area contributed by atoms with E-state index in [0.717, 1.165) is 15.7 Å². The SMILES string of the molecule is CC(c1ccccc1Cl)N(C)c1cc(Br)cc(C(=O)O)c1. The minimum atomic E-state index is -0.948. The van der Waals surface area contributed by atoms with Crippen LogP contribution < -0.4 is 4.90 Å². The number of hydrogen-bond donors (Lipinski definition) is 1. The van der Waals surface area contributed by atoms with Crippen molar-refractivity contribution in [2.24, 2.45) is 0 Å². The zero-order valence-corrected chi connectivity index (χ0v) is 14.0. The second-order valence-electron chi connectivity index (χ2n) is 4.81. The lowest BCUT2D eigenvalue weighted by atomic mass is 10.1. The van der Waals surface area contributed by atoms with E-state index in [-0.39, 0.29) is 11.6 Å². The van der Waals surface area contributed by atoms with Crippen LogP contribution in [0.3, 0.4) is 0 Å². The number of carboxylic acid groups (broad SMARTS) is 1. The van der Waals surface area contributed by atoms with Crippen molar-refractivity contribution < 1.29 is 9.90 Å². The smallest absolute Gasteiger partial charge is 0.335 e. The number of benzene rings is 2.